The van der Waals surface area contributed by atoms with Crippen molar-refractivity contribution in [3.05, 3.63) is 40.8 Å². The van der Waals surface area contributed by atoms with Crippen molar-refractivity contribution in [1.82, 2.24) is 15.0 Å². The molecule has 0 atom stereocenters. The van der Waals surface area contributed by atoms with Gasteiger partial charge in [-0.2, -0.15) is 0 Å². The quantitative estimate of drug-likeness (QED) is 0.626. The minimum atomic E-state index is 0.216. The summed E-state index contributed by atoms with van der Waals surface area (Å²) in [5, 5.41) is 1.24. The molecule has 0 aliphatic heterocycles. The molecule has 3 aromatic rings. The Bertz CT molecular complexity index is 845. The third-order valence-electron chi connectivity index (χ3n) is 3.46. The van der Waals surface area contributed by atoms with Crippen LogP contribution in [-0.2, 0) is 6.42 Å². The number of ether oxygens (including phenoxy) is 2. The molecule has 0 N–H and O–H groups in total. The van der Waals surface area contributed by atoms with Crippen molar-refractivity contribution >= 4 is 22.9 Å². The molecule has 1 aromatic carbocycles. The normalized spacial score (nSPS) is 10.7. The minimum Gasteiger partial charge on any atom is -0.497 e. The van der Waals surface area contributed by atoms with Gasteiger partial charge in [0.25, 0.3) is 0 Å². The zero-order chi connectivity index (χ0) is 17.1. The molecule has 0 radical (unpaired) electrons. The highest BCUT2D eigenvalue weighted by Crippen LogP contribution is 2.39. The van der Waals surface area contributed by atoms with E-state index in [1.54, 1.807) is 31.8 Å². The van der Waals surface area contributed by atoms with Gasteiger partial charge in [-0.25, -0.2) is 15.0 Å². The van der Waals surface area contributed by atoms with Crippen LogP contribution in [0.2, 0.25) is 5.28 Å². The Morgan fingerprint density at radius 2 is 1.79 bits per heavy atom. The van der Waals surface area contributed by atoms with E-state index in [1.807, 2.05) is 24.3 Å². The maximum Gasteiger partial charge on any atom is 0.222 e. The zero-order valence-electron chi connectivity index (χ0n) is 13.5. The van der Waals surface area contributed by atoms with E-state index in [1.165, 1.54) is 0 Å². The fourth-order valence-corrected chi connectivity index (χ4v) is 3.43. The second kappa shape index (κ2) is 7.15. The summed E-state index contributed by atoms with van der Waals surface area (Å²) in [7, 11) is 3.25. The SMILES string of the molecule is CCc1nc(-c2cc(OC)cc(OC)c2)c(-c2ccnc(Cl)n2)s1. The average Bonchev–Trinajstić information content (AvgIpc) is 3.05. The van der Waals surface area contributed by atoms with Gasteiger partial charge in [0.1, 0.15) is 11.5 Å². The van der Waals surface area contributed by atoms with Crippen molar-refractivity contribution in [3.8, 4) is 33.3 Å². The Kier molecular flexibility index (Phi) is 4.97. The molecule has 0 saturated carbocycles. The fraction of sp³-hybridized carbons (Fsp3) is 0.235. The van der Waals surface area contributed by atoms with E-state index in [0.717, 1.165) is 33.3 Å². The monoisotopic (exact) mass is 361 g/mol. The van der Waals surface area contributed by atoms with Gasteiger partial charge in [-0.05, 0) is 36.2 Å². The van der Waals surface area contributed by atoms with Crippen LogP contribution >= 0.6 is 22.9 Å². The van der Waals surface area contributed by atoms with E-state index in [-0.39, 0.29) is 5.28 Å². The van der Waals surface area contributed by atoms with Gasteiger partial charge >= 0.3 is 0 Å². The number of rotatable bonds is 5. The molecule has 0 bridgehead atoms. The summed E-state index contributed by atoms with van der Waals surface area (Å²) in [5.74, 6) is 1.42. The van der Waals surface area contributed by atoms with Gasteiger partial charge in [0, 0.05) is 17.8 Å². The second-order valence-electron chi connectivity index (χ2n) is 4.95. The van der Waals surface area contributed by atoms with Crippen LogP contribution in [0.5, 0.6) is 11.5 Å². The van der Waals surface area contributed by atoms with Crippen LogP contribution in [0.4, 0.5) is 0 Å². The molecular formula is C17H16ClN3O2S. The topological polar surface area (TPSA) is 57.1 Å². The summed E-state index contributed by atoms with van der Waals surface area (Å²) in [4.78, 5) is 14.0. The van der Waals surface area contributed by atoms with E-state index in [0.29, 0.717) is 11.5 Å². The van der Waals surface area contributed by atoms with Crippen molar-refractivity contribution in [2.24, 2.45) is 0 Å². The predicted molar refractivity (Wildman–Crippen MR) is 96.1 cm³/mol. The van der Waals surface area contributed by atoms with Crippen molar-refractivity contribution in [2.45, 2.75) is 13.3 Å². The molecule has 7 heteroatoms. The van der Waals surface area contributed by atoms with Crippen LogP contribution in [0, 0.1) is 0 Å². The lowest BCUT2D eigenvalue weighted by atomic mass is 10.1. The first-order valence-corrected chi connectivity index (χ1v) is 8.56. The number of hydrogen-bond acceptors (Lipinski definition) is 6. The number of methoxy groups -OCH3 is 2. The summed E-state index contributed by atoms with van der Waals surface area (Å²) < 4.78 is 10.7. The number of aromatic nitrogens is 3. The Labute approximate surface area is 149 Å². The molecule has 0 aliphatic rings. The Morgan fingerprint density at radius 3 is 2.38 bits per heavy atom. The van der Waals surface area contributed by atoms with Crippen LogP contribution in [-0.4, -0.2) is 29.2 Å². The van der Waals surface area contributed by atoms with Crippen LogP contribution in [0.25, 0.3) is 21.8 Å². The van der Waals surface area contributed by atoms with Crippen LogP contribution in [0.3, 0.4) is 0 Å². The lowest BCUT2D eigenvalue weighted by Crippen LogP contribution is -1.91. The van der Waals surface area contributed by atoms with Crippen molar-refractivity contribution in [1.29, 1.82) is 0 Å². The highest BCUT2D eigenvalue weighted by atomic mass is 35.5. The van der Waals surface area contributed by atoms with Gasteiger partial charge in [0.05, 0.1) is 35.5 Å². The molecule has 3 rings (SSSR count). The molecule has 0 spiro atoms. The molecule has 24 heavy (non-hydrogen) atoms. The van der Waals surface area contributed by atoms with E-state index < -0.39 is 0 Å². The molecule has 0 amide bonds. The standard InChI is InChI=1S/C17H16ClN3O2S/c1-4-14-21-15(10-7-11(22-2)9-12(8-10)23-3)16(24-14)13-5-6-19-17(18)20-13/h5-9H,4H2,1-3H3. The molecular weight excluding hydrogens is 346 g/mol. The third kappa shape index (κ3) is 3.34. The molecule has 0 unspecified atom stereocenters. The zero-order valence-corrected chi connectivity index (χ0v) is 15.1. The number of halogens is 1. The lowest BCUT2D eigenvalue weighted by molar-refractivity contribution is 0.394. The Hall–Kier alpha value is -2.18. The molecule has 2 heterocycles. The third-order valence-corrected chi connectivity index (χ3v) is 4.86. The lowest BCUT2D eigenvalue weighted by Gasteiger charge is -2.08. The maximum absolute atomic E-state index is 5.95. The fourth-order valence-electron chi connectivity index (χ4n) is 2.29. The van der Waals surface area contributed by atoms with Gasteiger partial charge in [0.2, 0.25) is 5.28 Å². The molecule has 5 nitrogen and oxygen atoms in total. The second-order valence-corrected chi connectivity index (χ2v) is 6.37. The summed E-state index contributed by atoms with van der Waals surface area (Å²) in [6.07, 6.45) is 2.49. The van der Waals surface area contributed by atoms with Crippen LogP contribution < -0.4 is 9.47 Å². The summed E-state index contributed by atoms with van der Waals surface area (Å²) in [6.45, 7) is 2.07. The minimum absolute atomic E-state index is 0.216. The van der Waals surface area contributed by atoms with Gasteiger partial charge in [-0.1, -0.05) is 6.92 Å². The van der Waals surface area contributed by atoms with Crippen molar-refractivity contribution in [2.75, 3.05) is 14.2 Å². The molecule has 2 aromatic heterocycles. The number of nitrogens with zero attached hydrogens (tertiary/aromatic N) is 3. The van der Waals surface area contributed by atoms with Gasteiger partial charge in [0.15, 0.2) is 0 Å². The van der Waals surface area contributed by atoms with Crippen molar-refractivity contribution in [3.63, 3.8) is 0 Å². The first kappa shape index (κ1) is 16.7. The molecule has 0 saturated heterocycles. The van der Waals surface area contributed by atoms with Crippen molar-refractivity contribution < 1.29 is 9.47 Å². The van der Waals surface area contributed by atoms with Gasteiger partial charge in [-0.15, -0.1) is 11.3 Å². The van der Waals surface area contributed by atoms with E-state index >= 15 is 0 Å². The Morgan fingerprint density at radius 1 is 1.08 bits per heavy atom. The predicted octanol–water partition coefficient (Wildman–Crippen LogP) is 4.50. The van der Waals surface area contributed by atoms with Gasteiger partial charge < -0.3 is 9.47 Å². The molecule has 0 fully saturated rings. The highest BCUT2D eigenvalue weighted by Gasteiger charge is 2.17. The summed E-state index contributed by atoms with van der Waals surface area (Å²) in [5.41, 5.74) is 2.50. The highest BCUT2D eigenvalue weighted by molar-refractivity contribution is 7.15. The first-order chi connectivity index (χ1) is 11.6. The summed E-state index contributed by atoms with van der Waals surface area (Å²) in [6, 6.07) is 7.53. The smallest absolute Gasteiger partial charge is 0.222 e. The van der Waals surface area contributed by atoms with E-state index in [9.17, 15) is 0 Å². The molecule has 0 aliphatic carbocycles. The average molecular weight is 362 g/mol. The number of benzene rings is 1. The van der Waals surface area contributed by atoms with E-state index in [2.05, 4.69) is 16.9 Å². The van der Waals surface area contributed by atoms with Crippen LogP contribution in [0.15, 0.2) is 30.5 Å². The number of hydrogen-bond donors (Lipinski definition) is 0. The van der Waals surface area contributed by atoms with E-state index in [4.69, 9.17) is 26.1 Å². The first-order valence-electron chi connectivity index (χ1n) is 7.36. The van der Waals surface area contributed by atoms with Gasteiger partial charge in [-0.3, -0.25) is 0 Å². The maximum atomic E-state index is 5.95. The largest absolute Gasteiger partial charge is 0.497 e. The number of thiazole rings is 1. The summed E-state index contributed by atoms with van der Waals surface area (Å²) >= 11 is 7.55. The molecule has 124 valence electrons. The van der Waals surface area contributed by atoms with Crippen LogP contribution in [0.1, 0.15) is 11.9 Å². The number of aryl methyl sites for hydroxylation is 1. The Balaban J connectivity index is 2.19.